The van der Waals surface area contributed by atoms with Crippen molar-refractivity contribution in [3.8, 4) is 0 Å². The van der Waals surface area contributed by atoms with Gasteiger partial charge in [0, 0.05) is 16.8 Å². The average molecular weight is 316 g/mol. The molecule has 1 aromatic heterocycles. The monoisotopic (exact) mass is 316 g/mol. The number of nitrogens with two attached hydrogens (primary N) is 1. The Morgan fingerprint density at radius 1 is 1.13 bits per heavy atom. The Labute approximate surface area is 104 Å². The van der Waals surface area contributed by atoms with Gasteiger partial charge in [0.05, 0.1) is 5.52 Å². The number of H-pyrrole nitrogens is 1. The van der Waals surface area contributed by atoms with Crippen molar-refractivity contribution in [3.63, 3.8) is 0 Å². The number of benzene rings is 1. The van der Waals surface area contributed by atoms with Crippen LogP contribution in [0.25, 0.3) is 10.9 Å². The molecule has 3 heteroatoms. The fourth-order valence-electron chi connectivity index (χ4n) is 1.76. The lowest BCUT2D eigenvalue weighted by molar-refractivity contribution is 1.25. The number of aryl methyl sites for hydroxylation is 3. The molecular formula is C12H17IN2. The minimum atomic E-state index is 0.863. The van der Waals surface area contributed by atoms with Gasteiger partial charge in [0.15, 0.2) is 0 Å². The van der Waals surface area contributed by atoms with Crippen LogP contribution in [0.15, 0.2) is 12.1 Å². The largest absolute Gasteiger partial charge is 0.398 e. The van der Waals surface area contributed by atoms with Crippen molar-refractivity contribution in [3.05, 3.63) is 29.0 Å². The molecule has 0 aliphatic heterocycles. The van der Waals surface area contributed by atoms with Crippen LogP contribution >= 0.6 is 22.6 Å². The molecule has 0 radical (unpaired) electrons. The van der Waals surface area contributed by atoms with E-state index in [9.17, 15) is 0 Å². The molecule has 0 aliphatic carbocycles. The SMILES string of the molecule is CI.Cc1[nH]c2c(C)ccc(N)c2c1C. The second-order valence-electron chi connectivity index (χ2n) is 3.60. The van der Waals surface area contributed by atoms with Gasteiger partial charge in [0.1, 0.15) is 0 Å². The third-order valence-corrected chi connectivity index (χ3v) is 2.70. The molecule has 15 heavy (non-hydrogen) atoms. The number of nitrogens with one attached hydrogen (secondary N) is 1. The van der Waals surface area contributed by atoms with Gasteiger partial charge < -0.3 is 10.7 Å². The predicted octanol–water partition coefficient (Wildman–Crippen LogP) is 3.73. The van der Waals surface area contributed by atoms with Crippen LogP contribution in [-0.2, 0) is 0 Å². The molecule has 1 heterocycles. The molecule has 2 rings (SSSR count). The molecule has 0 fully saturated rings. The average Bonchev–Trinajstić information content (AvgIpc) is 2.54. The highest BCUT2D eigenvalue weighted by Gasteiger charge is 2.08. The summed E-state index contributed by atoms with van der Waals surface area (Å²) in [5.74, 6) is 0. The molecule has 2 aromatic rings. The number of aromatic amines is 1. The van der Waals surface area contributed by atoms with Crippen LogP contribution in [0.1, 0.15) is 16.8 Å². The maximum absolute atomic E-state index is 5.92. The molecule has 82 valence electrons. The van der Waals surface area contributed by atoms with E-state index in [1.165, 1.54) is 27.7 Å². The van der Waals surface area contributed by atoms with E-state index >= 15 is 0 Å². The fraction of sp³-hybridized carbons (Fsp3) is 0.333. The first-order valence-electron chi connectivity index (χ1n) is 4.83. The summed E-state index contributed by atoms with van der Waals surface area (Å²) in [5, 5.41) is 1.18. The molecule has 0 aliphatic rings. The van der Waals surface area contributed by atoms with E-state index in [0.717, 1.165) is 5.69 Å². The molecule has 2 nitrogen and oxygen atoms in total. The van der Waals surface area contributed by atoms with Crippen LogP contribution in [-0.4, -0.2) is 9.91 Å². The van der Waals surface area contributed by atoms with Crippen molar-refractivity contribution < 1.29 is 0 Å². The lowest BCUT2D eigenvalue weighted by atomic mass is 10.1. The van der Waals surface area contributed by atoms with E-state index in [-0.39, 0.29) is 0 Å². The second kappa shape index (κ2) is 4.88. The van der Waals surface area contributed by atoms with E-state index in [1.807, 2.05) is 17.1 Å². The first-order chi connectivity index (χ1) is 7.11. The van der Waals surface area contributed by atoms with E-state index < -0.39 is 0 Å². The van der Waals surface area contributed by atoms with Crippen LogP contribution in [0.2, 0.25) is 0 Å². The van der Waals surface area contributed by atoms with E-state index in [0.29, 0.717) is 0 Å². The van der Waals surface area contributed by atoms with Crippen molar-refractivity contribution in [2.24, 2.45) is 0 Å². The van der Waals surface area contributed by atoms with Crippen molar-refractivity contribution in [1.82, 2.24) is 4.98 Å². The number of aromatic nitrogens is 1. The zero-order valence-electron chi connectivity index (χ0n) is 9.61. The van der Waals surface area contributed by atoms with Crippen LogP contribution < -0.4 is 5.73 Å². The van der Waals surface area contributed by atoms with Crippen molar-refractivity contribution in [2.75, 3.05) is 10.7 Å². The number of alkyl halides is 1. The van der Waals surface area contributed by atoms with Crippen LogP contribution in [0.5, 0.6) is 0 Å². The Kier molecular flexibility index (Phi) is 4.02. The maximum Gasteiger partial charge on any atom is 0.0509 e. The zero-order chi connectivity index (χ0) is 11.6. The van der Waals surface area contributed by atoms with Crippen molar-refractivity contribution >= 4 is 39.2 Å². The number of nitrogen functional groups attached to an aromatic ring is 1. The number of fused-ring (bicyclic) bond motifs is 1. The number of hydrogen-bond acceptors (Lipinski definition) is 1. The van der Waals surface area contributed by atoms with Gasteiger partial charge >= 0.3 is 0 Å². The Bertz CT molecular complexity index is 472. The molecule has 0 amide bonds. The minimum Gasteiger partial charge on any atom is -0.398 e. The minimum absolute atomic E-state index is 0.863. The number of rotatable bonds is 0. The number of anilines is 1. The van der Waals surface area contributed by atoms with E-state index in [1.54, 1.807) is 0 Å². The standard InChI is InChI=1S/C11H14N2.CH3I/c1-6-4-5-9(12)10-7(2)8(3)13-11(6)10;1-2/h4-5,13H,12H2,1-3H3;1H3. The van der Waals surface area contributed by atoms with Crippen LogP contribution in [0.4, 0.5) is 5.69 Å². The molecule has 1 aromatic carbocycles. The van der Waals surface area contributed by atoms with Gasteiger partial charge in [-0.2, -0.15) is 0 Å². The normalized spacial score (nSPS) is 9.93. The van der Waals surface area contributed by atoms with E-state index in [4.69, 9.17) is 5.73 Å². The summed E-state index contributed by atoms with van der Waals surface area (Å²) >= 11 is 2.15. The third-order valence-electron chi connectivity index (χ3n) is 2.70. The topological polar surface area (TPSA) is 41.8 Å². The summed E-state index contributed by atoms with van der Waals surface area (Å²) in [7, 11) is 0. The Morgan fingerprint density at radius 3 is 2.27 bits per heavy atom. The summed E-state index contributed by atoms with van der Waals surface area (Å²) in [6.07, 6.45) is 0. The summed E-state index contributed by atoms with van der Waals surface area (Å²) in [6, 6.07) is 4.02. The van der Waals surface area contributed by atoms with E-state index in [2.05, 4.69) is 48.3 Å². The van der Waals surface area contributed by atoms with Gasteiger partial charge in [-0.15, -0.1) is 0 Å². The Hall–Kier alpha value is -0.710. The second-order valence-corrected chi connectivity index (χ2v) is 3.60. The van der Waals surface area contributed by atoms with Gasteiger partial charge in [-0.25, -0.2) is 0 Å². The Morgan fingerprint density at radius 2 is 1.73 bits per heavy atom. The van der Waals surface area contributed by atoms with Crippen molar-refractivity contribution in [1.29, 1.82) is 0 Å². The molecular weight excluding hydrogens is 299 g/mol. The van der Waals surface area contributed by atoms with Crippen molar-refractivity contribution in [2.45, 2.75) is 20.8 Å². The number of halogens is 1. The predicted molar refractivity (Wildman–Crippen MR) is 76.9 cm³/mol. The maximum atomic E-state index is 5.92. The molecule has 0 spiro atoms. The van der Waals surface area contributed by atoms with Gasteiger partial charge in [-0.05, 0) is 42.9 Å². The summed E-state index contributed by atoms with van der Waals surface area (Å²) in [4.78, 5) is 5.33. The highest BCUT2D eigenvalue weighted by Crippen LogP contribution is 2.28. The molecule has 0 atom stereocenters. The molecule has 0 unspecified atom stereocenters. The molecule has 3 N–H and O–H groups in total. The first kappa shape index (κ1) is 12.4. The fourth-order valence-corrected chi connectivity index (χ4v) is 1.76. The molecule has 0 saturated heterocycles. The third kappa shape index (κ3) is 2.12. The van der Waals surface area contributed by atoms with Gasteiger partial charge in [0.25, 0.3) is 0 Å². The first-order valence-corrected chi connectivity index (χ1v) is 6.98. The van der Waals surface area contributed by atoms with Crippen LogP contribution in [0, 0.1) is 20.8 Å². The summed E-state index contributed by atoms with van der Waals surface area (Å²) < 4.78 is 0. The van der Waals surface area contributed by atoms with Crippen LogP contribution in [0.3, 0.4) is 0 Å². The lowest BCUT2D eigenvalue weighted by Gasteiger charge is -2.00. The highest BCUT2D eigenvalue weighted by molar-refractivity contribution is 14.1. The summed E-state index contributed by atoms with van der Waals surface area (Å²) in [5.41, 5.74) is 11.7. The zero-order valence-corrected chi connectivity index (χ0v) is 11.8. The Balaban J connectivity index is 0.000000531. The molecule has 0 saturated carbocycles. The summed E-state index contributed by atoms with van der Waals surface area (Å²) in [6.45, 7) is 6.27. The quantitative estimate of drug-likeness (QED) is 0.434. The van der Waals surface area contributed by atoms with Gasteiger partial charge in [-0.1, -0.05) is 28.7 Å². The van der Waals surface area contributed by atoms with Gasteiger partial charge in [-0.3, -0.25) is 0 Å². The highest BCUT2D eigenvalue weighted by atomic mass is 127. The molecule has 0 bridgehead atoms. The lowest BCUT2D eigenvalue weighted by Crippen LogP contribution is -1.87. The number of hydrogen-bond donors (Lipinski definition) is 2. The smallest absolute Gasteiger partial charge is 0.0509 e. The van der Waals surface area contributed by atoms with Gasteiger partial charge in [0.2, 0.25) is 0 Å².